The zero-order valence-corrected chi connectivity index (χ0v) is 18.7. The van der Waals surface area contributed by atoms with Gasteiger partial charge < -0.3 is 10.1 Å². The van der Waals surface area contributed by atoms with Gasteiger partial charge in [-0.1, -0.05) is 42.5 Å². The molecule has 2 aliphatic heterocycles. The highest BCUT2D eigenvalue weighted by Crippen LogP contribution is 2.39. The SMILES string of the molecule is CC1(C)C[C@H]([C@@H](CCNC(=O)CN2C(=O)c3ccccc3C2=O)c2ccccc2)CCO1. The minimum Gasteiger partial charge on any atom is -0.376 e. The molecule has 0 saturated carbocycles. The van der Waals surface area contributed by atoms with Crippen LogP contribution in [0.5, 0.6) is 0 Å². The molecule has 32 heavy (non-hydrogen) atoms. The van der Waals surface area contributed by atoms with Gasteiger partial charge in [0.2, 0.25) is 5.91 Å². The molecule has 2 aromatic carbocycles. The second-order valence-corrected chi connectivity index (χ2v) is 9.26. The Morgan fingerprint density at radius 2 is 1.69 bits per heavy atom. The van der Waals surface area contributed by atoms with Gasteiger partial charge in [-0.3, -0.25) is 19.3 Å². The third-order valence-electron chi connectivity index (χ3n) is 6.49. The van der Waals surface area contributed by atoms with Crippen LogP contribution in [0.4, 0.5) is 0 Å². The van der Waals surface area contributed by atoms with Crippen LogP contribution in [-0.4, -0.2) is 47.9 Å². The molecule has 2 heterocycles. The van der Waals surface area contributed by atoms with Crippen LogP contribution in [0.15, 0.2) is 54.6 Å². The van der Waals surface area contributed by atoms with Crippen molar-refractivity contribution in [2.75, 3.05) is 19.7 Å². The molecule has 0 bridgehead atoms. The number of fused-ring (bicyclic) bond motifs is 1. The van der Waals surface area contributed by atoms with E-state index in [2.05, 4.69) is 31.3 Å². The molecule has 6 heteroatoms. The third kappa shape index (κ3) is 4.75. The van der Waals surface area contributed by atoms with Crippen molar-refractivity contribution in [2.45, 2.75) is 44.6 Å². The van der Waals surface area contributed by atoms with Crippen LogP contribution in [0.3, 0.4) is 0 Å². The molecular formula is C26H30N2O4. The predicted octanol–water partition coefficient (Wildman–Crippen LogP) is 3.78. The van der Waals surface area contributed by atoms with Crippen molar-refractivity contribution in [2.24, 2.45) is 5.92 Å². The number of nitrogens with zero attached hydrogens (tertiary/aromatic N) is 1. The lowest BCUT2D eigenvalue weighted by Gasteiger charge is -2.39. The van der Waals surface area contributed by atoms with Crippen molar-refractivity contribution in [1.29, 1.82) is 0 Å². The second kappa shape index (κ2) is 9.25. The van der Waals surface area contributed by atoms with Crippen LogP contribution in [0, 0.1) is 5.92 Å². The number of carbonyl (C=O) groups is 3. The molecule has 1 saturated heterocycles. The van der Waals surface area contributed by atoms with E-state index in [9.17, 15) is 14.4 Å². The lowest BCUT2D eigenvalue weighted by Crippen LogP contribution is -2.41. The van der Waals surface area contributed by atoms with Gasteiger partial charge in [0.1, 0.15) is 6.54 Å². The summed E-state index contributed by atoms with van der Waals surface area (Å²) in [6.07, 6.45) is 2.75. The number of benzene rings is 2. The summed E-state index contributed by atoms with van der Waals surface area (Å²) in [4.78, 5) is 38.6. The third-order valence-corrected chi connectivity index (χ3v) is 6.49. The Kier molecular flexibility index (Phi) is 6.42. The van der Waals surface area contributed by atoms with Crippen molar-refractivity contribution in [3.63, 3.8) is 0 Å². The summed E-state index contributed by atoms with van der Waals surface area (Å²) in [5.74, 6) is -0.369. The maximum Gasteiger partial charge on any atom is 0.262 e. The Morgan fingerprint density at radius 3 is 2.31 bits per heavy atom. The Labute approximate surface area is 188 Å². The Hall–Kier alpha value is -2.99. The number of imide groups is 1. The largest absolute Gasteiger partial charge is 0.376 e. The van der Waals surface area contributed by atoms with E-state index in [1.165, 1.54) is 5.56 Å². The quantitative estimate of drug-likeness (QED) is 0.673. The molecule has 0 radical (unpaired) electrons. The van der Waals surface area contributed by atoms with Gasteiger partial charge in [0.15, 0.2) is 0 Å². The molecule has 1 fully saturated rings. The molecule has 2 aromatic rings. The number of rotatable bonds is 7. The number of nitrogens with one attached hydrogen (secondary N) is 1. The van der Waals surface area contributed by atoms with Crippen molar-refractivity contribution < 1.29 is 19.1 Å². The summed E-state index contributed by atoms with van der Waals surface area (Å²) < 4.78 is 5.91. The molecule has 0 aromatic heterocycles. The standard InChI is InChI=1S/C26H30N2O4/c1-26(2)16-19(13-15-32-26)20(18-8-4-3-5-9-18)12-14-27-23(29)17-28-24(30)21-10-6-7-11-22(21)25(28)31/h3-11,19-20H,12-17H2,1-2H3,(H,27,29)/t19-,20+/m1/s1. The van der Waals surface area contributed by atoms with Gasteiger partial charge >= 0.3 is 0 Å². The first-order valence-electron chi connectivity index (χ1n) is 11.3. The summed E-state index contributed by atoms with van der Waals surface area (Å²) in [6, 6.07) is 17.1. The van der Waals surface area contributed by atoms with E-state index >= 15 is 0 Å². The number of hydrogen-bond acceptors (Lipinski definition) is 4. The summed E-state index contributed by atoms with van der Waals surface area (Å²) in [6.45, 7) is 5.23. The summed E-state index contributed by atoms with van der Waals surface area (Å²) in [5.41, 5.74) is 1.84. The molecule has 0 aliphatic carbocycles. The van der Waals surface area contributed by atoms with Crippen LogP contribution >= 0.6 is 0 Å². The van der Waals surface area contributed by atoms with E-state index in [-0.39, 0.29) is 18.1 Å². The minimum absolute atomic E-state index is 0.148. The van der Waals surface area contributed by atoms with E-state index in [0.717, 1.165) is 30.8 Å². The molecule has 168 valence electrons. The van der Waals surface area contributed by atoms with Gasteiger partial charge in [-0.15, -0.1) is 0 Å². The molecule has 4 rings (SSSR count). The fraction of sp³-hybridized carbons (Fsp3) is 0.423. The van der Waals surface area contributed by atoms with Crippen LogP contribution in [0.25, 0.3) is 0 Å². The minimum atomic E-state index is -0.410. The van der Waals surface area contributed by atoms with E-state index < -0.39 is 11.8 Å². The van der Waals surface area contributed by atoms with E-state index in [1.807, 2.05) is 18.2 Å². The van der Waals surface area contributed by atoms with Crippen LogP contribution in [0.2, 0.25) is 0 Å². The van der Waals surface area contributed by atoms with Crippen LogP contribution in [0.1, 0.15) is 65.3 Å². The molecule has 0 spiro atoms. The highest BCUT2D eigenvalue weighted by molar-refractivity contribution is 6.22. The van der Waals surface area contributed by atoms with E-state index in [0.29, 0.717) is 29.5 Å². The Morgan fingerprint density at radius 1 is 1.06 bits per heavy atom. The molecule has 2 atom stereocenters. The first-order chi connectivity index (χ1) is 15.4. The Bertz CT molecular complexity index is 967. The van der Waals surface area contributed by atoms with Gasteiger partial charge in [-0.2, -0.15) is 0 Å². The molecule has 1 N–H and O–H groups in total. The van der Waals surface area contributed by atoms with Crippen LogP contribution in [-0.2, 0) is 9.53 Å². The fourth-order valence-corrected chi connectivity index (χ4v) is 4.95. The van der Waals surface area contributed by atoms with Crippen LogP contribution < -0.4 is 5.32 Å². The van der Waals surface area contributed by atoms with E-state index in [4.69, 9.17) is 4.74 Å². The van der Waals surface area contributed by atoms with Gasteiger partial charge in [0, 0.05) is 13.2 Å². The van der Waals surface area contributed by atoms with Gasteiger partial charge in [-0.25, -0.2) is 0 Å². The number of ether oxygens (including phenoxy) is 1. The van der Waals surface area contributed by atoms with E-state index in [1.54, 1.807) is 24.3 Å². The first-order valence-corrected chi connectivity index (χ1v) is 11.3. The molecule has 6 nitrogen and oxygen atoms in total. The fourth-order valence-electron chi connectivity index (χ4n) is 4.95. The molecule has 0 unspecified atom stereocenters. The zero-order valence-electron chi connectivity index (χ0n) is 18.7. The number of hydrogen-bond donors (Lipinski definition) is 1. The first kappa shape index (κ1) is 22.2. The van der Waals surface area contributed by atoms with Gasteiger partial charge in [-0.05, 0) is 62.6 Å². The van der Waals surface area contributed by atoms with Crippen molar-refractivity contribution >= 4 is 17.7 Å². The summed E-state index contributed by atoms with van der Waals surface area (Å²) >= 11 is 0. The second-order valence-electron chi connectivity index (χ2n) is 9.26. The smallest absolute Gasteiger partial charge is 0.262 e. The molecule has 2 aliphatic rings. The maximum absolute atomic E-state index is 12.6. The van der Waals surface area contributed by atoms with Crippen molar-refractivity contribution in [1.82, 2.24) is 10.2 Å². The lowest BCUT2D eigenvalue weighted by atomic mass is 9.75. The highest BCUT2D eigenvalue weighted by Gasteiger charge is 2.37. The zero-order chi connectivity index (χ0) is 22.7. The molecule has 3 amide bonds. The van der Waals surface area contributed by atoms with Gasteiger partial charge in [0.25, 0.3) is 11.8 Å². The van der Waals surface area contributed by atoms with Crippen molar-refractivity contribution in [3.8, 4) is 0 Å². The Balaban J connectivity index is 1.36. The predicted molar refractivity (Wildman–Crippen MR) is 121 cm³/mol. The lowest BCUT2D eigenvalue weighted by molar-refractivity contribution is -0.121. The number of amides is 3. The molecular weight excluding hydrogens is 404 g/mol. The average molecular weight is 435 g/mol. The summed E-state index contributed by atoms with van der Waals surface area (Å²) in [7, 11) is 0. The van der Waals surface area contributed by atoms with Gasteiger partial charge in [0.05, 0.1) is 16.7 Å². The maximum atomic E-state index is 12.6. The topological polar surface area (TPSA) is 75.7 Å². The highest BCUT2D eigenvalue weighted by atomic mass is 16.5. The summed E-state index contributed by atoms with van der Waals surface area (Å²) in [5, 5.41) is 2.92. The van der Waals surface area contributed by atoms with Crippen molar-refractivity contribution in [3.05, 3.63) is 71.3 Å². The average Bonchev–Trinajstić information content (AvgIpc) is 3.02. The number of carbonyl (C=O) groups excluding carboxylic acids is 3. The monoisotopic (exact) mass is 434 g/mol. The normalized spacial score (nSPS) is 20.7.